The quantitative estimate of drug-likeness (QED) is 0.582. The minimum atomic E-state index is -0.717. The maximum absolute atomic E-state index is 10.4. The Labute approximate surface area is 93.0 Å². The van der Waals surface area contributed by atoms with Gasteiger partial charge in [0.15, 0.2) is 0 Å². The van der Waals surface area contributed by atoms with E-state index < -0.39 is 6.03 Å². The van der Waals surface area contributed by atoms with Crippen LogP contribution >= 0.6 is 0 Å². The first-order valence-electron chi connectivity index (χ1n) is 4.47. The molecular weight excluding hydrogens is 210 g/mol. The van der Waals surface area contributed by atoms with Gasteiger partial charge >= 0.3 is 6.03 Å². The van der Waals surface area contributed by atoms with Gasteiger partial charge in [-0.1, -0.05) is 0 Å². The highest BCUT2D eigenvalue weighted by Crippen LogP contribution is 2.21. The predicted molar refractivity (Wildman–Crippen MR) is 59.9 cm³/mol. The molecule has 0 bridgehead atoms. The number of hydrazone groups is 1. The molecule has 0 saturated carbocycles. The number of hydrogen-bond donors (Lipinski definition) is 2. The molecule has 0 aliphatic carbocycles. The van der Waals surface area contributed by atoms with Gasteiger partial charge in [-0.2, -0.15) is 5.10 Å². The zero-order chi connectivity index (χ0) is 12.0. The van der Waals surface area contributed by atoms with Gasteiger partial charge in [0, 0.05) is 11.6 Å². The molecule has 0 heterocycles. The van der Waals surface area contributed by atoms with Crippen LogP contribution in [0.15, 0.2) is 23.3 Å². The number of carbonyl (C=O) groups excluding carboxylic acids is 1. The van der Waals surface area contributed by atoms with E-state index in [4.69, 9.17) is 15.2 Å². The van der Waals surface area contributed by atoms with E-state index in [0.29, 0.717) is 11.5 Å². The molecule has 0 unspecified atom stereocenters. The van der Waals surface area contributed by atoms with Gasteiger partial charge in [0.2, 0.25) is 0 Å². The molecule has 0 spiro atoms. The summed E-state index contributed by atoms with van der Waals surface area (Å²) in [4.78, 5) is 10.4. The Hall–Kier alpha value is -2.24. The van der Waals surface area contributed by atoms with Crippen molar-refractivity contribution in [2.75, 3.05) is 14.2 Å². The number of nitrogens with one attached hydrogen (secondary N) is 1. The van der Waals surface area contributed by atoms with Crippen molar-refractivity contribution >= 4 is 12.2 Å². The zero-order valence-electron chi connectivity index (χ0n) is 9.06. The molecule has 0 aliphatic heterocycles. The van der Waals surface area contributed by atoms with Crippen LogP contribution in [0.3, 0.4) is 0 Å². The van der Waals surface area contributed by atoms with E-state index in [0.717, 1.165) is 5.56 Å². The van der Waals surface area contributed by atoms with Crippen LogP contribution in [0.1, 0.15) is 5.56 Å². The number of urea groups is 1. The van der Waals surface area contributed by atoms with Gasteiger partial charge in [-0.25, -0.2) is 10.2 Å². The average molecular weight is 223 g/mol. The highest BCUT2D eigenvalue weighted by Gasteiger charge is 1.99. The number of carbonyl (C=O) groups is 1. The SMILES string of the molecule is COc1cc(C=NNC(N)=O)cc(OC)c1. The van der Waals surface area contributed by atoms with Gasteiger partial charge < -0.3 is 15.2 Å². The molecule has 0 radical (unpaired) electrons. The maximum atomic E-state index is 10.4. The van der Waals surface area contributed by atoms with Crippen molar-refractivity contribution < 1.29 is 14.3 Å². The van der Waals surface area contributed by atoms with E-state index in [1.165, 1.54) is 6.21 Å². The highest BCUT2D eigenvalue weighted by atomic mass is 16.5. The van der Waals surface area contributed by atoms with Crippen LogP contribution in [0.2, 0.25) is 0 Å². The molecule has 2 amide bonds. The lowest BCUT2D eigenvalue weighted by molar-refractivity contribution is 0.249. The highest BCUT2D eigenvalue weighted by molar-refractivity contribution is 5.82. The normalized spacial score (nSPS) is 10.1. The predicted octanol–water partition coefficient (Wildman–Crippen LogP) is 0.706. The monoisotopic (exact) mass is 223 g/mol. The van der Waals surface area contributed by atoms with Crippen molar-refractivity contribution in [3.63, 3.8) is 0 Å². The largest absolute Gasteiger partial charge is 0.497 e. The molecule has 0 aliphatic rings. The first kappa shape index (κ1) is 11.8. The first-order chi connectivity index (χ1) is 7.65. The number of nitrogens with two attached hydrogens (primary N) is 1. The van der Waals surface area contributed by atoms with Gasteiger partial charge in [0.1, 0.15) is 11.5 Å². The van der Waals surface area contributed by atoms with E-state index in [9.17, 15) is 4.79 Å². The lowest BCUT2D eigenvalue weighted by atomic mass is 10.2. The standard InChI is InChI=1S/C10H13N3O3/c1-15-8-3-7(4-9(5-8)16-2)6-12-13-10(11)14/h3-6H,1-2H3,(H3,11,13,14). The Bertz CT molecular complexity index is 382. The van der Waals surface area contributed by atoms with Gasteiger partial charge in [0.25, 0.3) is 0 Å². The summed E-state index contributed by atoms with van der Waals surface area (Å²) >= 11 is 0. The Kier molecular flexibility index (Phi) is 4.14. The van der Waals surface area contributed by atoms with Crippen LogP contribution in [-0.4, -0.2) is 26.5 Å². The Morgan fingerprint density at radius 1 is 1.31 bits per heavy atom. The summed E-state index contributed by atoms with van der Waals surface area (Å²) < 4.78 is 10.1. The van der Waals surface area contributed by atoms with E-state index in [-0.39, 0.29) is 0 Å². The van der Waals surface area contributed by atoms with Crippen molar-refractivity contribution in [3.8, 4) is 11.5 Å². The maximum Gasteiger partial charge on any atom is 0.332 e. The van der Waals surface area contributed by atoms with Crippen LogP contribution in [0.25, 0.3) is 0 Å². The smallest absolute Gasteiger partial charge is 0.332 e. The summed E-state index contributed by atoms with van der Waals surface area (Å²) in [5.41, 5.74) is 7.68. The Morgan fingerprint density at radius 2 is 1.88 bits per heavy atom. The molecule has 0 atom stereocenters. The summed E-state index contributed by atoms with van der Waals surface area (Å²) in [5, 5.41) is 3.63. The van der Waals surface area contributed by atoms with Crippen LogP contribution in [0, 0.1) is 0 Å². The molecule has 0 saturated heterocycles. The van der Waals surface area contributed by atoms with Crippen LogP contribution < -0.4 is 20.6 Å². The van der Waals surface area contributed by atoms with Gasteiger partial charge in [-0.05, 0) is 12.1 Å². The third-order valence-corrected chi connectivity index (χ3v) is 1.76. The van der Waals surface area contributed by atoms with E-state index in [2.05, 4.69) is 10.5 Å². The molecule has 3 N–H and O–H groups in total. The number of ether oxygens (including phenoxy) is 2. The number of amides is 2. The molecule has 0 aromatic heterocycles. The minimum absolute atomic E-state index is 0.639. The lowest BCUT2D eigenvalue weighted by Gasteiger charge is -2.05. The fraction of sp³-hybridized carbons (Fsp3) is 0.200. The van der Waals surface area contributed by atoms with Crippen molar-refractivity contribution in [2.24, 2.45) is 10.8 Å². The number of nitrogens with zero attached hydrogens (tertiary/aromatic N) is 1. The van der Waals surface area contributed by atoms with Gasteiger partial charge in [0.05, 0.1) is 20.4 Å². The molecular formula is C10H13N3O3. The minimum Gasteiger partial charge on any atom is -0.497 e. The number of methoxy groups -OCH3 is 2. The van der Waals surface area contributed by atoms with Crippen molar-refractivity contribution in [1.82, 2.24) is 5.43 Å². The van der Waals surface area contributed by atoms with Crippen LogP contribution in [-0.2, 0) is 0 Å². The number of rotatable bonds is 4. The summed E-state index contributed by atoms with van der Waals surface area (Å²) in [6, 6.07) is 4.51. The number of hydrogen-bond acceptors (Lipinski definition) is 4. The molecule has 6 heteroatoms. The van der Waals surface area contributed by atoms with Crippen LogP contribution in [0.4, 0.5) is 4.79 Å². The number of benzene rings is 1. The first-order valence-corrected chi connectivity index (χ1v) is 4.47. The summed E-state index contributed by atoms with van der Waals surface area (Å²) in [5.74, 6) is 1.28. The summed E-state index contributed by atoms with van der Waals surface area (Å²) in [6.07, 6.45) is 1.44. The Balaban J connectivity index is 2.86. The zero-order valence-corrected chi connectivity index (χ0v) is 9.06. The molecule has 16 heavy (non-hydrogen) atoms. The van der Waals surface area contributed by atoms with Crippen molar-refractivity contribution in [1.29, 1.82) is 0 Å². The summed E-state index contributed by atoms with van der Waals surface area (Å²) in [6.45, 7) is 0. The second kappa shape index (κ2) is 5.59. The molecule has 6 nitrogen and oxygen atoms in total. The van der Waals surface area contributed by atoms with E-state index in [1.807, 2.05) is 0 Å². The lowest BCUT2D eigenvalue weighted by Crippen LogP contribution is -2.24. The van der Waals surface area contributed by atoms with E-state index in [1.54, 1.807) is 32.4 Å². The molecule has 1 aromatic carbocycles. The molecule has 1 aromatic rings. The molecule has 1 rings (SSSR count). The second-order valence-corrected chi connectivity index (χ2v) is 2.88. The van der Waals surface area contributed by atoms with Crippen molar-refractivity contribution in [3.05, 3.63) is 23.8 Å². The second-order valence-electron chi connectivity index (χ2n) is 2.88. The third kappa shape index (κ3) is 3.49. The summed E-state index contributed by atoms with van der Waals surface area (Å²) in [7, 11) is 3.11. The van der Waals surface area contributed by atoms with E-state index >= 15 is 0 Å². The number of primary amides is 1. The van der Waals surface area contributed by atoms with Crippen molar-refractivity contribution in [2.45, 2.75) is 0 Å². The topological polar surface area (TPSA) is 85.9 Å². The average Bonchev–Trinajstić information content (AvgIpc) is 2.28. The third-order valence-electron chi connectivity index (χ3n) is 1.76. The molecule has 0 fully saturated rings. The van der Waals surface area contributed by atoms with Crippen LogP contribution in [0.5, 0.6) is 11.5 Å². The fourth-order valence-corrected chi connectivity index (χ4v) is 1.07. The Morgan fingerprint density at radius 3 is 2.31 bits per heavy atom. The van der Waals surface area contributed by atoms with Gasteiger partial charge in [-0.15, -0.1) is 0 Å². The molecule has 86 valence electrons. The van der Waals surface area contributed by atoms with Gasteiger partial charge in [-0.3, -0.25) is 0 Å². The fourth-order valence-electron chi connectivity index (χ4n) is 1.07.